The van der Waals surface area contributed by atoms with Gasteiger partial charge in [-0.2, -0.15) is 0 Å². The fourth-order valence-electron chi connectivity index (χ4n) is 1.65. The smallest absolute Gasteiger partial charge is 0.146 e. The topological polar surface area (TPSA) is 69.9 Å². The van der Waals surface area contributed by atoms with Crippen molar-refractivity contribution in [3.05, 3.63) is 11.5 Å². The summed E-state index contributed by atoms with van der Waals surface area (Å²) in [5.41, 5.74) is 6.97. The number of nitrogen functional groups attached to an aromatic ring is 2. The average Bonchev–Trinajstić information content (AvgIpc) is 2.28. The Morgan fingerprint density at radius 2 is 1.62 bits per heavy atom. The number of imidazole rings is 1. The number of nitrogens with zero attached hydrogens (tertiary/aromatic N) is 2. The van der Waals surface area contributed by atoms with Crippen LogP contribution in [-0.4, -0.2) is 9.66 Å². The molecule has 16 heavy (non-hydrogen) atoms. The average molecular weight is 224 g/mol. The Bertz CT molecular complexity index is 377. The molecular formula is C12H24N4. The van der Waals surface area contributed by atoms with Crippen LogP contribution in [0, 0.1) is 5.41 Å². The van der Waals surface area contributed by atoms with Gasteiger partial charge in [-0.1, -0.05) is 41.5 Å². The minimum absolute atomic E-state index is 0.0843. The summed E-state index contributed by atoms with van der Waals surface area (Å²) in [5.74, 6) is 7.36. The SMILES string of the molecule is CC(C)(C)Cc1nc(C(C)(C)C)n(N)c1N. The molecule has 4 N–H and O–H groups in total. The Balaban J connectivity index is 3.16. The van der Waals surface area contributed by atoms with Gasteiger partial charge in [-0.15, -0.1) is 0 Å². The van der Waals surface area contributed by atoms with Crippen LogP contribution in [0.4, 0.5) is 5.82 Å². The molecule has 0 spiro atoms. The minimum Gasteiger partial charge on any atom is -0.382 e. The molecule has 0 aliphatic rings. The molecule has 1 heterocycles. The van der Waals surface area contributed by atoms with Crippen molar-refractivity contribution in [1.82, 2.24) is 9.66 Å². The van der Waals surface area contributed by atoms with Gasteiger partial charge in [0.15, 0.2) is 0 Å². The van der Waals surface area contributed by atoms with Crippen LogP contribution >= 0.6 is 0 Å². The zero-order valence-electron chi connectivity index (χ0n) is 11.3. The lowest BCUT2D eigenvalue weighted by molar-refractivity contribution is 0.406. The molecule has 0 saturated heterocycles. The molecular weight excluding hydrogens is 200 g/mol. The molecule has 1 rings (SSSR count). The summed E-state index contributed by atoms with van der Waals surface area (Å²) >= 11 is 0. The molecule has 0 fully saturated rings. The molecule has 0 radical (unpaired) electrons. The van der Waals surface area contributed by atoms with Crippen LogP contribution in [-0.2, 0) is 11.8 Å². The second-order valence-corrected chi connectivity index (χ2v) is 6.62. The maximum Gasteiger partial charge on any atom is 0.146 e. The van der Waals surface area contributed by atoms with Crippen LogP contribution < -0.4 is 11.6 Å². The van der Waals surface area contributed by atoms with Crippen LogP contribution in [0.25, 0.3) is 0 Å². The van der Waals surface area contributed by atoms with Gasteiger partial charge in [-0.25, -0.2) is 9.66 Å². The number of hydrogen-bond acceptors (Lipinski definition) is 3. The monoisotopic (exact) mass is 224 g/mol. The van der Waals surface area contributed by atoms with Crippen molar-refractivity contribution >= 4 is 5.82 Å². The summed E-state index contributed by atoms with van der Waals surface area (Å²) in [6.45, 7) is 12.7. The number of anilines is 1. The fourth-order valence-corrected chi connectivity index (χ4v) is 1.65. The maximum absolute atomic E-state index is 5.98. The first-order chi connectivity index (χ1) is 7.02. The van der Waals surface area contributed by atoms with E-state index in [-0.39, 0.29) is 10.8 Å². The summed E-state index contributed by atoms with van der Waals surface area (Å²) in [6.07, 6.45) is 0.839. The molecule has 0 bridgehead atoms. The van der Waals surface area contributed by atoms with E-state index in [9.17, 15) is 0 Å². The van der Waals surface area contributed by atoms with E-state index in [1.165, 1.54) is 4.68 Å². The standard InChI is InChI=1S/C12H24N4/c1-11(2,3)7-8-9(13)16(14)10(15-8)12(4,5)6/h7,13-14H2,1-6H3. The number of rotatable bonds is 1. The van der Waals surface area contributed by atoms with Gasteiger partial charge >= 0.3 is 0 Å². The van der Waals surface area contributed by atoms with Gasteiger partial charge in [-0.05, 0) is 11.8 Å². The fraction of sp³-hybridized carbons (Fsp3) is 0.750. The van der Waals surface area contributed by atoms with Gasteiger partial charge in [0, 0.05) is 5.41 Å². The minimum atomic E-state index is -0.0843. The molecule has 0 unspecified atom stereocenters. The molecule has 4 nitrogen and oxygen atoms in total. The highest BCUT2D eigenvalue weighted by atomic mass is 15.4. The Kier molecular flexibility index (Phi) is 2.96. The van der Waals surface area contributed by atoms with Crippen LogP contribution in [0.2, 0.25) is 0 Å². The van der Waals surface area contributed by atoms with Gasteiger partial charge in [0.05, 0.1) is 5.69 Å². The first-order valence-electron chi connectivity index (χ1n) is 5.65. The molecule has 0 aliphatic carbocycles. The first-order valence-corrected chi connectivity index (χ1v) is 5.65. The number of aromatic nitrogens is 2. The van der Waals surface area contributed by atoms with E-state index in [0.29, 0.717) is 5.82 Å². The summed E-state index contributed by atoms with van der Waals surface area (Å²) in [5, 5.41) is 0. The number of nitrogens with two attached hydrogens (primary N) is 2. The van der Waals surface area contributed by atoms with Crippen molar-refractivity contribution in [3.63, 3.8) is 0 Å². The largest absolute Gasteiger partial charge is 0.382 e. The second-order valence-electron chi connectivity index (χ2n) is 6.62. The quantitative estimate of drug-likeness (QED) is 0.717. The molecule has 4 heteroatoms. The predicted octanol–water partition coefficient (Wildman–Crippen LogP) is 2.07. The van der Waals surface area contributed by atoms with Crippen molar-refractivity contribution < 1.29 is 0 Å². The van der Waals surface area contributed by atoms with Crippen molar-refractivity contribution in [2.45, 2.75) is 53.4 Å². The summed E-state index contributed by atoms with van der Waals surface area (Å²) in [7, 11) is 0. The zero-order chi connectivity index (χ0) is 12.7. The van der Waals surface area contributed by atoms with Gasteiger partial charge in [0.2, 0.25) is 0 Å². The van der Waals surface area contributed by atoms with Crippen molar-refractivity contribution in [2.75, 3.05) is 11.6 Å². The van der Waals surface area contributed by atoms with Crippen molar-refractivity contribution in [3.8, 4) is 0 Å². The third kappa shape index (κ3) is 2.68. The summed E-state index contributed by atoms with van der Waals surface area (Å²) < 4.78 is 1.51. The van der Waals surface area contributed by atoms with Crippen LogP contribution in [0.1, 0.15) is 53.1 Å². The zero-order valence-corrected chi connectivity index (χ0v) is 11.3. The lowest BCUT2D eigenvalue weighted by Crippen LogP contribution is -2.24. The molecule has 0 amide bonds. The molecule has 0 atom stereocenters. The molecule has 92 valence electrons. The molecule has 1 aromatic heterocycles. The van der Waals surface area contributed by atoms with Crippen molar-refractivity contribution in [1.29, 1.82) is 0 Å². The highest BCUT2D eigenvalue weighted by Crippen LogP contribution is 2.28. The van der Waals surface area contributed by atoms with Crippen LogP contribution in [0.5, 0.6) is 0 Å². The van der Waals surface area contributed by atoms with E-state index in [4.69, 9.17) is 11.6 Å². The normalized spacial score (nSPS) is 13.1. The summed E-state index contributed by atoms with van der Waals surface area (Å²) in [6, 6.07) is 0. The maximum atomic E-state index is 5.98. The number of hydrogen-bond donors (Lipinski definition) is 2. The Labute approximate surface area is 98.0 Å². The van der Waals surface area contributed by atoms with Gasteiger partial charge < -0.3 is 11.6 Å². The Morgan fingerprint density at radius 3 is 1.94 bits per heavy atom. The van der Waals surface area contributed by atoms with Gasteiger partial charge in [-0.3, -0.25) is 0 Å². The van der Waals surface area contributed by atoms with E-state index in [2.05, 4.69) is 46.5 Å². The van der Waals surface area contributed by atoms with Gasteiger partial charge in [0.25, 0.3) is 0 Å². The lowest BCUT2D eigenvalue weighted by Gasteiger charge is -2.17. The van der Waals surface area contributed by atoms with E-state index in [1.807, 2.05) is 0 Å². The molecule has 0 aliphatic heterocycles. The van der Waals surface area contributed by atoms with E-state index in [0.717, 1.165) is 17.9 Å². The van der Waals surface area contributed by atoms with E-state index in [1.54, 1.807) is 0 Å². The molecule has 0 aromatic carbocycles. The third-order valence-electron chi connectivity index (χ3n) is 2.39. The predicted molar refractivity (Wildman–Crippen MR) is 68.6 cm³/mol. The van der Waals surface area contributed by atoms with Gasteiger partial charge in [0.1, 0.15) is 11.6 Å². The Morgan fingerprint density at radius 1 is 1.12 bits per heavy atom. The third-order valence-corrected chi connectivity index (χ3v) is 2.39. The highest BCUT2D eigenvalue weighted by molar-refractivity contribution is 5.40. The van der Waals surface area contributed by atoms with Crippen molar-refractivity contribution in [2.24, 2.45) is 5.41 Å². The Hall–Kier alpha value is -1.19. The van der Waals surface area contributed by atoms with E-state index < -0.39 is 0 Å². The summed E-state index contributed by atoms with van der Waals surface area (Å²) in [4.78, 5) is 4.58. The van der Waals surface area contributed by atoms with E-state index >= 15 is 0 Å². The second kappa shape index (κ2) is 3.68. The molecule has 0 saturated carbocycles. The highest BCUT2D eigenvalue weighted by Gasteiger charge is 2.25. The van der Waals surface area contributed by atoms with Crippen LogP contribution in [0.3, 0.4) is 0 Å². The molecule has 1 aromatic rings. The lowest BCUT2D eigenvalue weighted by atomic mass is 9.90. The first kappa shape index (κ1) is 12.9. The van der Waals surface area contributed by atoms with Crippen LogP contribution in [0.15, 0.2) is 0 Å².